The van der Waals surface area contributed by atoms with Crippen LogP contribution in [0, 0.1) is 0 Å². The van der Waals surface area contributed by atoms with E-state index >= 15 is 0 Å². The molecule has 0 saturated heterocycles. The minimum Gasteiger partial charge on any atom is -0.439 e. The van der Waals surface area contributed by atoms with Crippen molar-refractivity contribution in [3.05, 3.63) is 89.7 Å². The molecule has 3 heterocycles. The van der Waals surface area contributed by atoms with Crippen LogP contribution in [0.2, 0.25) is 0 Å². The fourth-order valence-corrected chi connectivity index (χ4v) is 4.25. The van der Waals surface area contributed by atoms with E-state index in [-0.39, 0.29) is 0 Å². The molecule has 0 aliphatic rings. The third kappa shape index (κ3) is 2.51. The van der Waals surface area contributed by atoms with Crippen LogP contribution in [0.1, 0.15) is 0 Å². The highest BCUT2D eigenvalue weighted by Gasteiger charge is 2.19. The van der Waals surface area contributed by atoms with E-state index in [1.54, 1.807) is 0 Å². The molecule has 3 aromatic heterocycles. The third-order valence-corrected chi connectivity index (χ3v) is 5.67. The summed E-state index contributed by atoms with van der Waals surface area (Å²) in [7, 11) is 0. The molecule has 0 amide bonds. The zero-order chi connectivity index (χ0) is 19.4. The Kier molecular flexibility index (Phi) is 3.58. The van der Waals surface area contributed by atoms with Crippen molar-refractivity contribution in [1.82, 2.24) is 14.5 Å². The highest BCUT2D eigenvalue weighted by atomic mass is 79.9. The first-order valence-electron chi connectivity index (χ1n) is 9.29. The van der Waals surface area contributed by atoms with Crippen molar-refractivity contribution < 1.29 is 4.42 Å². The van der Waals surface area contributed by atoms with E-state index in [4.69, 9.17) is 4.42 Å². The van der Waals surface area contributed by atoms with Crippen LogP contribution in [0.3, 0.4) is 0 Å². The fraction of sp³-hybridized carbons (Fsp3) is 0. The van der Waals surface area contributed by atoms with Gasteiger partial charge in [-0.25, -0.2) is 9.97 Å². The van der Waals surface area contributed by atoms with Crippen LogP contribution in [0.25, 0.3) is 50.0 Å². The summed E-state index contributed by atoms with van der Waals surface area (Å²) in [6.07, 6.45) is 3.70. The average Bonchev–Trinajstić information content (AvgIpc) is 3.29. The molecular weight excluding hydrogens is 426 g/mol. The predicted octanol–water partition coefficient (Wildman–Crippen LogP) is 6.75. The van der Waals surface area contributed by atoms with Gasteiger partial charge in [-0.15, -0.1) is 0 Å². The lowest BCUT2D eigenvalue weighted by molar-refractivity contribution is 0.645. The standard InChI is InChI=1S/C24H14BrN3O/c25-16-10-11-20-19(12-16)22-18-8-4-5-9-21(18)29-24(22)28(20)17-13-26-23(27-14-17)15-6-2-1-3-7-15/h1-14H. The summed E-state index contributed by atoms with van der Waals surface area (Å²) in [6, 6.07) is 24.4. The normalized spacial score (nSPS) is 11.6. The molecule has 0 atom stereocenters. The number of furan rings is 1. The summed E-state index contributed by atoms with van der Waals surface area (Å²) < 4.78 is 9.39. The first kappa shape index (κ1) is 16.5. The van der Waals surface area contributed by atoms with E-state index in [9.17, 15) is 0 Å². The second-order valence-corrected chi connectivity index (χ2v) is 7.82. The summed E-state index contributed by atoms with van der Waals surface area (Å²) in [5.74, 6) is 0.703. The van der Waals surface area contributed by atoms with Gasteiger partial charge in [0, 0.05) is 20.8 Å². The summed E-state index contributed by atoms with van der Waals surface area (Å²) >= 11 is 3.61. The number of halogens is 1. The van der Waals surface area contributed by atoms with Crippen molar-refractivity contribution in [1.29, 1.82) is 0 Å². The van der Waals surface area contributed by atoms with Gasteiger partial charge in [-0.3, -0.25) is 4.57 Å². The Labute approximate surface area is 174 Å². The Bertz CT molecular complexity index is 1500. The van der Waals surface area contributed by atoms with Crippen LogP contribution in [0.15, 0.2) is 94.1 Å². The number of rotatable bonds is 2. The zero-order valence-corrected chi connectivity index (χ0v) is 16.8. The van der Waals surface area contributed by atoms with Crippen LogP contribution in [0.4, 0.5) is 0 Å². The van der Waals surface area contributed by atoms with Gasteiger partial charge in [0.15, 0.2) is 5.82 Å². The lowest BCUT2D eigenvalue weighted by atomic mass is 10.1. The minimum absolute atomic E-state index is 0.703. The zero-order valence-electron chi connectivity index (χ0n) is 15.2. The van der Waals surface area contributed by atoms with Crippen LogP contribution >= 0.6 is 15.9 Å². The van der Waals surface area contributed by atoms with Crippen LogP contribution in [0.5, 0.6) is 0 Å². The number of hydrogen-bond donors (Lipinski definition) is 0. The van der Waals surface area contributed by atoms with Crippen molar-refractivity contribution in [3.8, 4) is 17.1 Å². The molecule has 5 heteroatoms. The van der Waals surface area contributed by atoms with E-state index in [2.05, 4.69) is 48.7 Å². The van der Waals surface area contributed by atoms with E-state index in [0.717, 1.165) is 48.7 Å². The van der Waals surface area contributed by atoms with Gasteiger partial charge in [0.2, 0.25) is 5.71 Å². The third-order valence-electron chi connectivity index (χ3n) is 5.18. The van der Waals surface area contributed by atoms with Crippen molar-refractivity contribution >= 4 is 48.9 Å². The Morgan fingerprint density at radius 2 is 1.55 bits per heavy atom. The monoisotopic (exact) mass is 439 g/mol. The van der Waals surface area contributed by atoms with Crippen molar-refractivity contribution in [2.45, 2.75) is 0 Å². The summed E-state index contributed by atoms with van der Waals surface area (Å²) in [5.41, 5.74) is 4.59. The second kappa shape index (κ2) is 6.29. The topological polar surface area (TPSA) is 43.9 Å². The number of para-hydroxylation sites is 1. The van der Waals surface area contributed by atoms with Gasteiger partial charge in [-0.05, 0) is 24.3 Å². The molecule has 0 bridgehead atoms. The SMILES string of the molecule is Brc1ccc2c(c1)c1c3ccccc3oc1n2-c1cnc(-c2ccccc2)nc1. The molecule has 0 unspecified atom stereocenters. The number of aromatic nitrogens is 3. The summed E-state index contributed by atoms with van der Waals surface area (Å²) in [6.45, 7) is 0. The van der Waals surface area contributed by atoms with Crippen molar-refractivity contribution in [3.63, 3.8) is 0 Å². The highest BCUT2D eigenvalue weighted by Crippen LogP contribution is 2.39. The Morgan fingerprint density at radius 1 is 0.793 bits per heavy atom. The second-order valence-electron chi connectivity index (χ2n) is 6.91. The molecular formula is C24H14BrN3O. The van der Waals surface area contributed by atoms with Crippen LogP contribution < -0.4 is 0 Å². The molecule has 0 aliphatic heterocycles. The maximum Gasteiger partial charge on any atom is 0.213 e. The Balaban J connectivity index is 1.64. The van der Waals surface area contributed by atoms with Gasteiger partial charge in [-0.2, -0.15) is 0 Å². The molecule has 6 rings (SSSR count). The average molecular weight is 440 g/mol. The quantitative estimate of drug-likeness (QED) is 0.299. The number of nitrogens with zero attached hydrogens (tertiary/aromatic N) is 3. The fourth-order valence-electron chi connectivity index (χ4n) is 3.89. The van der Waals surface area contributed by atoms with E-state index in [0.29, 0.717) is 5.82 Å². The molecule has 138 valence electrons. The van der Waals surface area contributed by atoms with Gasteiger partial charge in [0.25, 0.3) is 0 Å². The first-order chi connectivity index (χ1) is 14.3. The van der Waals surface area contributed by atoms with Gasteiger partial charge in [0.1, 0.15) is 5.58 Å². The molecule has 29 heavy (non-hydrogen) atoms. The maximum absolute atomic E-state index is 6.27. The molecule has 4 nitrogen and oxygen atoms in total. The summed E-state index contributed by atoms with van der Waals surface area (Å²) in [5, 5.41) is 3.33. The first-order valence-corrected chi connectivity index (χ1v) is 10.1. The van der Waals surface area contributed by atoms with Crippen molar-refractivity contribution in [2.24, 2.45) is 0 Å². The molecule has 0 aliphatic carbocycles. The molecule has 0 N–H and O–H groups in total. The molecule has 0 radical (unpaired) electrons. The Hall–Kier alpha value is -3.44. The molecule has 0 fully saturated rings. The van der Waals surface area contributed by atoms with Gasteiger partial charge < -0.3 is 4.42 Å². The van der Waals surface area contributed by atoms with Crippen molar-refractivity contribution in [2.75, 3.05) is 0 Å². The molecule has 0 saturated carbocycles. The summed E-state index contributed by atoms with van der Waals surface area (Å²) in [4.78, 5) is 9.21. The van der Waals surface area contributed by atoms with E-state index in [1.807, 2.05) is 67.0 Å². The van der Waals surface area contributed by atoms with E-state index < -0.39 is 0 Å². The van der Waals surface area contributed by atoms with Crippen LogP contribution in [-0.4, -0.2) is 14.5 Å². The van der Waals surface area contributed by atoms with E-state index in [1.165, 1.54) is 0 Å². The van der Waals surface area contributed by atoms with Gasteiger partial charge >= 0.3 is 0 Å². The lowest BCUT2D eigenvalue weighted by Crippen LogP contribution is -1.97. The van der Waals surface area contributed by atoms with Gasteiger partial charge in [-0.1, -0.05) is 64.5 Å². The maximum atomic E-state index is 6.27. The Morgan fingerprint density at radius 3 is 2.38 bits per heavy atom. The highest BCUT2D eigenvalue weighted by molar-refractivity contribution is 9.10. The smallest absolute Gasteiger partial charge is 0.213 e. The predicted molar refractivity (Wildman–Crippen MR) is 119 cm³/mol. The lowest BCUT2D eigenvalue weighted by Gasteiger charge is -2.06. The molecule has 0 spiro atoms. The number of benzene rings is 3. The van der Waals surface area contributed by atoms with Gasteiger partial charge in [0.05, 0.1) is 29.0 Å². The largest absolute Gasteiger partial charge is 0.439 e. The number of fused-ring (bicyclic) bond motifs is 5. The number of hydrogen-bond acceptors (Lipinski definition) is 3. The molecule has 6 aromatic rings. The molecule has 3 aromatic carbocycles. The van der Waals surface area contributed by atoms with Crippen LogP contribution in [-0.2, 0) is 0 Å². The minimum atomic E-state index is 0.703.